The third-order valence-corrected chi connectivity index (χ3v) is 1.54. The van der Waals surface area contributed by atoms with Crippen LogP contribution in [0.1, 0.15) is 0 Å². The van der Waals surface area contributed by atoms with Crippen LogP contribution in [0.3, 0.4) is 0 Å². The normalized spacial score (nSPS) is 8.00. The molecular formula is C7H7ClO2S. The molecule has 0 N–H and O–H groups in total. The molecule has 11 heavy (non-hydrogen) atoms. The van der Waals surface area contributed by atoms with E-state index in [0.717, 1.165) is 6.08 Å². The lowest BCUT2D eigenvalue weighted by Crippen LogP contribution is -2.01. The van der Waals surface area contributed by atoms with Gasteiger partial charge in [-0.15, -0.1) is 23.7 Å². The third kappa shape index (κ3) is 3.20. The maximum absolute atomic E-state index is 10.5. The zero-order chi connectivity index (χ0) is 7.40. The standard InChI is InChI=1S/C7H6O2S.ClH/c1-2-7(8)9-6-3-4-10-5-6;/h2-5H,1H2;1H. The van der Waals surface area contributed by atoms with E-state index in [4.69, 9.17) is 4.74 Å². The number of carbonyl (C=O) groups excluding carboxylic acids is 1. The maximum Gasteiger partial charge on any atom is 0.335 e. The Labute approximate surface area is 74.9 Å². The molecule has 0 bridgehead atoms. The van der Waals surface area contributed by atoms with E-state index in [2.05, 4.69) is 6.58 Å². The fraction of sp³-hybridized carbons (Fsp3) is 0. The average molecular weight is 191 g/mol. The van der Waals surface area contributed by atoms with E-state index in [1.165, 1.54) is 11.3 Å². The van der Waals surface area contributed by atoms with Crippen LogP contribution in [0.15, 0.2) is 29.5 Å². The minimum Gasteiger partial charge on any atom is -0.422 e. The van der Waals surface area contributed by atoms with Crippen molar-refractivity contribution in [3.05, 3.63) is 29.5 Å². The first kappa shape index (κ1) is 10.2. The Kier molecular flexibility index (Phi) is 4.57. The summed E-state index contributed by atoms with van der Waals surface area (Å²) in [7, 11) is 0. The lowest BCUT2D eigenvalue weighted by Gasteiger charge is -1.93. The van der Waals surface area contributed by atoms with Gasteiger partial charge in [0, 0.05) is 11.5 Å². The molecule has 4 heteroatoms. The Morgan fingerprint density at radius 3 is 2.91 bits per heavy atom. The first-order chi connectivity index (χ1) is 4.83. The maximum atomic E-state index is 10.5. The zero-order valence-electron chi connectivity index (χ0n) is 5.65. The molecule has 1 aromatic rings. The van der Waals surface area contributed by atoms with Crippen LogP contribution in [0, 0.1) is 0 Å². The molecule has 0 saturated carbocycles. The monoisotopic (exact) mass is 190 g/mol. The molecule has 1 rings (SSSR count). The number of ether oxygens (including phenoxy) is 1. The summed E-state index contributed by atoms with van der Waals surface area (Å²) in [5.41, 5.74) is 0. The van der Waals surface area contributed by atoms with Gasteiger partial charge >= 0.3 is 5.97 Å². The summed E-state index contributed by atoms with van der Waals surface area (Å²) in [5, 5.41) is 3.59. The predicted molar refractivity (Wildman–Crippen MR) is 47.4 cm³/mol. The SMILES string of the molecule is C=CC(=O)Oc1ccsc1.Cl. The van der Waals surface area contributed by atoms with Crippen molar-refractivity contribution in [2.75, 3.05) is 0 Å². The van der Waals surface area contributed by atoms with Gasteiger partial charge in [0.25, 0.3) is 0 Å². The molecule has 1 aromatic heterocycles. The van der Waals surface area contributed by atoms with Gasteiger partial charge in [0.1, 0.15) is 5.75 Å². The predicted octanol–water partition coefficient (Wildman–Crippen LogP) is 2.26. The van der Waals surface area contributed by atoms with E-state index in [1.807, 2.05) is 5.38 Å². The van der Waals surface area contributed by atoms with Gasteiger partial charge in [0.15, 0.2) is 0 Å². The summed E-state index contributed by atoms with van der Waals surface area (Å²) >= 11 is 1.48. The van der Waals surface area contributed by atoms with Crippen molar-refractivity contribution < 1.29 is 9.53 Å². The van der Waals surface area contributed by atoms with Gasteiger partial charge in [-0.2, -0.15) is 0 Å². The first-order valence-corrected chi connectivity index (χ1v) is 3.63. The number of hydrogen-bond donors (Lipinski definition) is 0. The largest absolute Gasteiger partial charge is 0.422 e. The van der Waals surface area contributed by atoms with Crippen LogP contribution in [0.2, 0.25) is 0 Å². The highest BCUT2D eigenvalue weighted by Gasteiger charge is 1.97. The van der Waals surface area contributed by atoms with Crippen molar-refractivity contribution in [3.63, 3.8) is 0 Å². The number of esters is 1. The summed E-state index contributed by atoms with van der Waals surface area (Å²) in [6.45, 7) is 3.27. The molecule has 0 aliphatic heterocycles. The van der Waals surface area contributed by atoms with E-state index in [9.17, 15) is 4.79 Å². The first-order valence-electron chi connectivity index (χ1n) is 2.69. The topological polar surface area (TPSA) is 26.3 Å². The molecule has 0 fully saturated rings. The molecule has 0 radical (unpaired) electrons. The summed E-state index contributed by atoms with van der Waals surface area (Å²) < 4.78 is 4.76. The molecule has 0 saturated heterocycles. The molecule has 1 heterocycles. The Morgan fingerprint density at radius 1 is 1.73 bits per heavy atom. The highest BCUT2D eigenvalue weighted by molar-refractivity contribution is 7.08. The highest BCUT2D eigenvalue weighted by atomic mass is 35.5. The fourth-order valence-electron chi connectivity index (χ4n) is 0.468. The van der Waals surface area contributed by atoms with Crippen molar-refractivity contribution in [2.45, 2.75) is 0 Å². The minimum absolute atomic E-state index is 0. The number of halogens is 1. The Morgan fingerprint density at radius 2 is 2.45 bits per heavy atom. The smallest absolute Gasteiger partial charge is 0.335 e. The van der Waals surface area contributed by atoms with E-state index in [1.54, 1.807) is 11.4 Å². The summed E-state index contributed by atoms with van der Waals surface area (Å²) in [6.07, 6.45) is 1.14. The summed E-state index contributed by atoms with van der Waals surface area (Å²) in [5.74, 6) is 0.160. The van der Waals surface area contributed by atoms with Crippen molar-refractivity contribution in [1.82, 2.24) is 0 Å². The van der Waals surface area contributed by atoms with Gasteiger partial charge in [-0.05, 0) is 11.4 Å². The number of carbonyl (C=O) groups is 1. The van der Waals surface area contributed by atoms with Crippen LogP contribution in [-0.2, 0) is 4.79 Å². The average Bonchev–Trinajstić information content (AvgIpc) is 2.40. The summed E-state index contributed by atoms with van der Waals surface area (Å²) in [6, 6.07) is 1.73. The quantitative estimate of drug-likeness (QED) is 0.528. The third-order valence-electron chi connectivity index (χ3n) is 0.880. The van der Waals surface area contributed by atoms with E-state index >= 15 is 0 Å². The molecule has 0 unspecified atom stereocenters. The van der Waals surface area contributed by atoms with Crippen LogP contribution in [0.25, 0.3) is 0 Å². The molecule has 0 amide bonds. The molecule has 0 aliphatic rings. The van der Waals surface area contributed by atoms with E-state index < -0.39 is 5.97 Å². The van der Waals surface area contributed by atoms with E-state index in [0.29, 0.717) is 5.75 Å². The van der Waals surface area contributed by atoms with Crippen molar-refractivity contribution in [3.8, 4) is 5.75 Å². The molecule has 60 valence electrons. The Hall–Kier alpha value is -0.800. The lowest BCUT2D eigenvalue weighted by molar-refractivity contribution is -0.128. The van der Waals surface area contributed by atoms with Crippen LogP contribution in [0.4, 0.5) is 0 Å². The fourth-order valence-corrected chi connectivity index (χ4v) is 1.02. The molecule has 2 nitrogen and oxygen atoms in total. The molecule has 0 spiro atoms. The molecule has 0 aliphatic carbocycles. The highest BCUT2D eigenvalue weighted by Crippen LogP contribution is 2.14. The number of thiophene rings is 1. The number of rotatable bonds is 2. The second-order valence-corrected chi connectivity index (χ2v) is 2.36. The lowest BCUT2D eigenvalue weighted by atomic mass is 10.6. The zero-order valence-corrected chi connectivity index (χ0v) is 7.28. The minimum atomic E-state index is -0.418. The van der Waals surface area contributed by atoms with E-state index in [-0.39, 0.29) is 12.4 Å². The van der Waals surface area contributed by atoms with Crippen molar-refractivity contribution in [1.29, 1.82) is 0 Å². The van der Waals surface area contributed by atoms with Gasteiger partial charge in [0.05, 0.1) is 0 Å². The van der Waals surface area contributed by atoms with Gasteiger partial charge in [-0.1, -0.05) is 6.58 Å². The summed E-state index contributed by atoms with van der Waals surface area (Å²) in [4.78, 5) is 10.5. The molecular weight excluding hydrogens is 184 g/mol. The van der Waals surface area contributed by atoms with Gasteiger partial charge in [-0.3, -0.25) is 0 Å². The second kappa shape index (κ2) is 4.93. The van der Waals surface area contributed by atoms with Crippen LogP contribution >= 0.6 is 23.7 Å². The molecule has 0 aromatic carbocycles. The molecule has 0 atom stereocenters. The van der Waals surface area contributed by atoms with Crippen LogP contribution < -0.4 is 4.74 Å². The van der Waals surface area contributed by atoms with Gasteiger partial charge < -0.3 is 4.74 Å². The van der Waals surface area contributed by atoms with Gasteiger partial charge in [0.2, 0.25) is 0 Å². The van der Waals surface area contributed by atoms with Crippen molar-refractivity contribution in [2.24, 2.45) is 0 Å². The van der Waals surface area contributed by atoms with Crippen LogP contribution in [0.5, 0.6) is 5.75 Å². The Balaban J connectivity index is 0.000001000. The van der Waals surface area contributed by atoms with Gasteiger partial charge in [-0.25, -0.2) is 4.79 Å². The van der Waals surface area contributed by atoms with Crippen LogP contribution in [-0.4, -0.2) is 5.97 Å². The van der Waals surface area contributed by atoms with Crippen molar-refractivity contribution >= 4 is 29.7 Å². The second-order valence-electron chi connectivity index (χ2n) is 1.58. The Bertz CT molecular complexity index is 231. The number of hydrogen-bond acceptors (Lipinski definition) is 3.